The predicted octanol–water partition coefficient (Wildman–Crippen LogP) is 5.61. The van der Waals surface area contributed by atoms with Crippen LogP contribution in [0, 0.1) is 0 Å². The standard InChI is InChI=1S/C14H10BrClF3NO/c15-12-6-9(4-5-13(12)21-14(17,18)19)8-20-11-3-1-2-10(16)7-11/h1-7,20H,8H2. The minimum absolute atomic E-state index is 0.241. The van der Waals surface area contributed by atoms with Gasteiger partial charge in [0.05, 0.1) is 4.47 Å². The van der Waals surface area contributed by atoms with Crippen LogP contribution in [0.5, 0.6) is 5.75 Å². The molecule has 112 valence electrons. The zero-order valence-electron chi connectivity index (χ0n) is 10.5. The Morgan fingerprint density at radius 3 is 2.52 bits per heavy atom. The summed E-state index contributed by atoms with van der Waals surface area (Å²) >= 11 is 8.93. The number of alkyl halides is 3. The fourth-order valence-corrected chi connectivity index (χ4v) is 2.36. The van der Waals surface area contributed by atoms with Gasteiger partial charge >= 0.3 is 6.36 Å². The number of halogens is 5. The number of benzene rings is 2. The van der Waals surface area contributed by atoms with Crippen LogP contribution in [0.1, 0.15) is 5.56 Å². The first kappa shape index (κ1) is 16.0. The molecule has 0 bridgehead atoms. The molecule has 2 aromatic carbocycles. The van der Waals surface area contributed by atoms with Gasteiger partial charge in [-0.2, -0.15) is 0 Å². The van der Waals surface area contributed by atoms with Crippen LogP contribution in [0.2, 0.25) is 5.02 Å². The molecule has 2 aromatic rings. The van der Waals surface area contributed by atoms with Gasteiger partial charge in [0.25, 0.3) is 0 Å². The summed E-state index contributed by atoms with van der Waals surface area (Å²) in [6.45, 7) is 0.450. The molecule has 0 aliphatic carbocycles. The second-order valence-corrected chi connectivity index (χ2v) is 5.47. The number of nitrogens with one attached hydrogen (secondary N) is 1. The predicted molar refractivity (Wildman–Crippen MR) is 79.6 cm³/mol. The highest BCUT2D eigenvalue weighted by atomic mass is 79.9. The highest BCUT2D eigenvalue weighted by Crippen LogP contribution is 2.31. The largest absolute Gasteiger partial charge is 0.573 e. The van der Waals surface area contributed by atoms with Crippen molar-refractivity contribution in [2.45, 2.75) is 12.9 Å². The Bertz CT molecular complexity index is 634. The number of hydrogen-bond acceptors (Lipinski definition) is 2. The maximum Gasteiger partial charge on any atom is 0.573 e. The van der Waals surface area contributed by atoms with Gasteiger partial charge in [-0.3, -0.25) is 0 Å². The van der Waals surface area contributed by atoms with Gasteiger partial charge in [0, 0.05) is 17.3 Å². The monoisotopic (exact) mass is 379 g/mol. The van der Waals surface area contributed by atoms with E-state index < -0.39 is 6.36 Å². The average Bonchev–Trinajstić information content (AvgIpc) is 2.38. The molecular weight excluding hydrogens is 371 g/mol. The van der Waals surface area contributed by atoms with Gasteiger partial charge in [0.1, 0.15) is 5.75 Å². The molecule has 0 fully saturated rings. The Kier molecular flexibility index (Phi) is 5.00. The summed E-state index contributed by atoms with van der Waals surface area (Å²) in [5.74, 6) is -0.269. The second-order valence-electron chi connectivity index (χ2n) is 4.18. The lowest BCUT2D eigenvalue weighted by Crippen LogP contribution is -2.17. The van der Waals surface area contributed by atoms with Crippen molar-refractivity contribution in [2.24, 2.45) is 0 Å². The third kappa shape index (κ3) is 5.13. The Hall–Kier alpha value is -1.40. The van der Waals surface area contributed by atoms with Crippen LogP contribution in [0.4, 0.5) is 18.9 Å². The van der Waals surface area contributed by atoms with Crippen molar-refractivity contribution in [3.8, 4) is 5.75 Å². The molecule has 2 rings (SSSR count). The van der Waals surface area contributed by atoms with Crippen LogP contribution in [-0.2, 0) is 6.54 Å². The second kappa shape index (κ2) is 6.58. The van der Waals surface area contributed by atoms with Gasteiger partial charge in [0.15, 0.2) is 0 Å². The molecule has 0 aliphatic rings. The highest BCUT2D eigenvalue weighted by molar-refractivity contribution is 9.10. The Balaban J connectivity index is 2.03. The first-order valence-corrected chi connectivity index (χ1v) is 7.04. The molecule has 0 unspecified atom stereocenters. The molecule has 0 saturated carbocycles. The lowest BCUT2D eigenvalue weighted by Gasteiger charge is -2.12. The maximum atomic E-state index is 12.2. The Morgan fingerprint density at radius 1 is 1.14 bits per heavy atom. The fraction of sp³-hybridized carbons (Fsp3) is 0.143. The summed E-state index contributed by atoms with van der Waals surface area (Å²) < 4.78 is 40.6. The topological polar surface area (TPSA) is 21.3 Å². The molecule has 0 aromatic heterocycles. The molecule has 0 aliphatic heterocycles. The number of anilines is 1. The maximum absolute atomic E-state index is 12.2. The summed E-state index contributed by atoms with van der Waals surface area (Å²) in [5.41, 5.74) is 1.63. The van der Waals surface area contributed by atoms with E-state index in [1.165, 1.54) is 6.07 Å². The lowest BCUT2D eigenvalue weighted by molar-refractivity contribution is -0.274. The zero-order chi connectivity index (χ0) is 15.5. The minimum Gasteiger partial charge on any atom is -0.405 e. The van der Waals surface area contributed by atoms with Crippen molar-refractivity contribution in [3.05, 3.63) is 57.5 Å². The summed E-state index contributed by atoms with van der Waals surface area (Å²) in [6.07, 6.45) is -4.71. The van der Waals surface area contributed by atoms with E-state index in [1.807, 2.05) is 6.07 Å². The SMILES string of the molecule is FC(F)(F)Oc1ccc(CNc2cccc(Cl)c2)cc1Br. The van der Waals surface area contributed by atoms with Crippen LogP contribution in [-0.4, -0.2) is 6.36 Å². The van der Waals surface area contributed by atoms with E-state index in [4.69, 9.17) is 11.6 Å². The van der Waals surface area contributed by atoms with Gasteiger partial charge in [-0.05, 0) is 51.8 Å². The number of rotatable bonds is 4. The molecule has 2 nitrogen and oxygen atoms in total. The summed E-state index contributed by atoms with van der Waals surface area (Å²) in [6, 6.07) is 11.6. The fourth-order valence-electron chi connectivity index (χ4n) is 1.66. The lowest BCUT2D eigenvalue weighted by atomic mass is 10.2. The third-order valence-corrected chi connectivity index (χ3v) is 3.40. The third-order valence-electron chi connectivity index (χ3n) is 2.54. The van der Waals surface area contributed by atoms with Crippen LogP contribution in [0.15, 0.2) is 46.9 Å². The molecule has 0 atom stereocenters. The van der Waals surface area contributed by atoms with Gasteiger partial charge in [-0.15, -0.1) is 13.2 Å². The van der Waals surface area contributed by atoms with E-state index in [2.05, 4.69) is 26.0 Å². The Morgan fingerprint density at radius 2 is 1.90 bits per heavy atom. The molecule has 7 heteroatoms. The first-order valence-electron chi connectivity index (χ1n) is 5.87. The van der Waals surface area contributed by atoms with Crippen LogP contribution in [0.3, 0.4) is 0 Å². The quantitative estimate of drug-likeness (QED) is 0.744. The van der Waals surface area contributed by atoms with Crippen molar-refractivity contribution < 1.29 is 17.9 Å². The summed E-state index contributed by atoms with van der Waals surface area (Å²) in [7, 11) is 0. The van der Waals surface area contributed by atoms with E-state index >= 15 is 0 Å². The van der Waals surface area contributed by atoms with Crippen molar-refractivity contribution in [1.82, 2.24) is 0 Å². The molecule has 0 spiro atoms. The van der Waals surface area contributed by atoms with E-state index in [1.54, 1.807) is 30.3 Å². The zero-order valence-corrected chi connectivity index (χ0v) is 12.9. The van der Waals surface area contributed by atoms with Gasteiger partial charge < -0.3 is 10.1 Å². The van der Waals surface area contributed by atoms with Gasteiger partial charge in [-0.1, -0.05) is 23.7 Å². The number of ether oxygens (including phenoxy) is 1. The van der Waals surface area contributed by atoms with E-state index in [9.17, 15) is 13.2 Å². The van der Waals surface area contributed by atoms with Crippen molar-refractivity contribution in [3.63, 3.8) is 0 Å². The van der Waals surface area contributed by atoms with Gasteiger partial charge in [-0.25, -0.2) is 0 Å². The molecule has 0 radical (unpaired) electrons. The Labute approximate surface area is 133 Å². The average molecular weight is 381 g/mol. The van der Waals surface area contributed by atoms with E-state index in [0.29, 0.717) is 11.6 Å². The first-order chi connectivity index (χ1) is 9.83. The van der Waals surface area contributed by atoms with E-state index in [0.717, 1.165) is 11.3 Å². The van der Waals surface area contributed by atoms with Crippen LogP contribution >= 0.6 is 27.5 Å². The molecule has 0 amide bonds. The van der Waals surface area contributed by atoms with Crippen LogP contribution in [0.25, 0.3) is 0 Å². The summed E-state index contributed by atoms with van der Waals surface area (Å²) in [4.78, 5) is 0. The molecular formula is C14H10BrClF3NO. The van der Waals surface area contributed by atoms with Crippen molar-refractivity contribution in [1.29, 1.82) is 0 Å². The molecule has 21 heavy (non-hydrogen) atoms. The van der Waals surface area contributed by atoms with Crippen molar-refractivity contribution in [2.75, 3.05) is 5.32 Å². The van der Waals surface area contributed by atoms with Crippen molar-refractivity contribution >= 4 is 33.2 Å². The molecule has 0 saturated heterocycles. The summed E-state index contributed by atoms with van der Waals surface area (Å²) in [5, 5.41) is 3.73. The van der Waals surface area contributed by atoms with Gasteiger partial charge in [0.2, 0.25) is 0 Å². The molecule has 1 N–H and O–H groups in total. The normalized spacial score (nSPS) is 11.3. The smallest absolute Gasteiger partial charge is 0.405 e. The number of hydrogen-bond donors (Lipinski definition) is 1. The highest BCUT2D eigenvalue weighted by Gasteiger charge is 2.31. The van der Waals surface area contributed by atoms with E-state index in [-0.39, 0.29) is 10.2 Å². The van der Waals surface area contributed by atoms with Crippen LogP contribution < -0.4 is 10.1 Å². The minimum atomic E-state index is -4.71. The molecule has 0 heterocycles.